The fourth-order valence-electron chi connectivity index (χ4n) is 2.13. The molecule has 1 aromatic heterocycles. The molecule has 3 rings (SSSR count). The van der Waals surface area contributed by atoms with E-state index in [0.717, 1.165) is 22.9 Å². The summed E-state index contributed by atoms with van der Waals surface area (Å²) in [5.41, 5.74) is 3.22. The highest BCUT2D eigenvalue weighted by Crippen LogP contribution is 2.26. The van der Waals surface area contributed by atoms with E-state index in [1.165, 1.54) is 6.07 Å². The van der Waals surface area contributed by atoms with Crippen LogP contribution in [0.4, 0.5) is 8.78 Å². The molecule has 0 aliphatic carbocycles. The number of aromatic nitrogens is 1. The smallest absolute Gasteiger partial charge is 0.150 e. The molecule has 0 amide bonds. The molecule has 1 nitrogen and oxygen atoms in total. The Morgan fingerprint density at radius 1 is 1.00 bits per heavy atom. The van der Waals surface area contributed by atoms with Crippen LogP contribution in [0.15, 0.2) is 42.5 Å². The van der Waals surface area contributed by atoms with Gasteiger partial charge >= 0.3 is 0 Å². The first-order valence-corrected chi connectivity index (χ1v) is 5.68. The summed E-state index contributed by atoms with van der Waals surface area (Å²) in [6, 6.07) is 11.8. The summed E-state index contributed by atoms with van der Waals surface area (Å²) in [5.74, 6) is -1.13. The molecule has 18 heavy (non-hydrogen) atoms. The Morgan fingerprint density at radius 2 is 1.83 bits per heavy atom. The molecule has 0 spiro atoms. The minimum Gasteiger partial charge on any atom is -0.352 e. The van der Waals surface area contributed by atoms with E-state index in [9.17, 15) is 8.78 Å². The standard InChI is InChI=1S/C15H11F2N/c1-9-3-2-4-10(5-9)14-7-11-6-12(16)8-13(17)15(11)18-14/h2-8,18H,1H3. The molecular formula is C15H11F2N. The van der Waals surface area contributed by atoms with E-state index in [2.05, 4.69) is 4.98 Å². The summed E-state index contributed by atoms with van der Waals surface area (Å²) < 4.78 is 26.7. The number of aromatic amines is 1. The molecule has 0 aliphatic heterocycles. The highest BCUT2D eigenvalue weighted by Gasteiger charge is 2.09. The Bertz CT molecular complexity index is 728. The number of hydrogen-bond donors (Lipinski definition) is 1. The molecule has 0 saturated heterocycles. The Morgan fingerprint density at radius 3 is 2.61 bits per heavy atom. The maximum absolute atomic E-state index is 13.6. The molecule has 0 aliphatic rings. The lowest BCUT2D eigenvalue weighted by Crippen LogP contribution is -1.81. The quantitative estimate of drug-likeness (QED) is 0.651. The number of H-pyrrole nitrogens is 1. The first-order chi connectivity index (χ1) is 8.63. The van der Waals surface area contributed by atoms with Gasteiger partial charge in [-0.25, -0.2) is 8.78 Å². The van der Waals surface area contributed by atoms with Crippen LogP contribution in [0.3, 0.4) is 0 Å². The van der Waals surface area contributed by atoms with Crippen molar-refractivity contribution in [3.05, 3.63) is 59.7 Å². The van der Waals surface area contributed by atoms with Gasteiger partial charge in [0, 0.05) is 17.1 Å². The van der Waals surface area contributed by atoms with E-state index in [1.807, 2.05) is 31.2 Å². The van der Waals surface area contributed by atoms with Crippen LogP contribution in [-0.2, 0) is 0 Å². The molecule has 3 heteroatoms. The van der Waals surface area contributed by atoms with E-state index < -0.39 is 11.6 Å². The van der Waals surface area contributed by atoms with Gasteiger partial charge in [0.1, 0.15) is 11.6 Å². The average Bonchev–Trinajstić information content (AvgIpc) is 2.73. The van der Waals surface area contributed by atoms with Gasteiger partial charge in [0.25, 0.3) is 0 Å². The zero-order chi connectivity index (χ0) is 12.7. The first-order valence-electron chi connectivity index (χ1n) is 5.68. The molecule has 1 N–H and O–H groups in total. The summed E-state index contributed by atoms with van der Waals surface area (Å²) in [6.07, 6.45) is 0. The fraction of sp³-hybridized carbons (Fsp3) is 0.0667. The zero-order valence-corrected chi connectivity index (χ0v) is 9.80. The Hall–Kier alpha value is -2.16. The zero-order valence-electron chi connectivity index (χ0n) is 9.80. The molecular weight excluding hydrogens is 232 g/mol. The van der Waals surface area contributed by atoms with Crippen LogP contribution in [0.1, 0.15) is 5.56 Å². The van der Waals surface area contributed by atoms with E-state index in [0.29, 0.717) is 10.9 Å². The minimum atomic E-state index is -0.566. The van der Waals surface area contributed by atoms with Crippen molar-refractivity contribution in [1.82, 2.24) is 4.98 Å². The van der Waals surface area contributed by atoms with Gasteiger partial charge in [-0.15, -0.1) is 0 Å². The molecule has 0 unspecified atom stereocenters. The number of halogens is 2. The van der Waals surface area contributed by atoms with Gasteiger partial charge in [0.05, 0.1) is 5.52 Å². The van der Waals surface area contributed by atoms with Crippen molar-refractivity contribution in [2.45, 2.75) is 6.92 Å². The van der Waals surface area contributed by atoms with Crippen molar-refractivity contribution in [2.24, 2.45) is 0 Å². The second-order valence-corrected chi connectivity index (χ2v) is 4.40. The molecule has 0 radical (unpaired) electrons. The Kier molecular flexibility index (Phi) is 2.40. The highest BCUT2D eigenvalue weighted by atomic mass is 19.1. The lowest BCUT2D eigenvalue weighted by atomic mass is 10.1. The van der Waals surface area contributed by atoms with Crippen molar-refractivity contribution >= 4 is 10.9 Å². The van der Waals surface area contributed by atoms with Crippen LogP contribution >= 0.6 is 0 Å². The number of fused-ring (bicyclic) bond motifs is 1. The Labute approximate surface area is 103 Å². The summed E-state index contributed by atoms with van der Waals surface area (Å²) in [6.45, 7) is 1.99. The molecule has 2 aromatic carbocycles. The molecule has 1 heterocycles. The van der Waals surface area contributed by atoms with Crippen molar-refractivity contribution in [2.75, 3.05) is 0 Å². The third-order valence-electron chi connectivity index (χ3n) is 2.97. The highest BCUT2D eigenvalue weighted by molar-refractivity contribution is 5.86. The molecule has 0 bridgehead atoms. The maximum atomic E-state index is 13.6. The van der Waals surface area contributed by atoms with Gasteiger partial charge in [-0.1, -0.05) is 23.8 Å². The largest absolute Gasteiger partial charge is 0.352 e. The topological polar surface area (TPSA) is 15.8 Å². The van der Waals surface area contributed by atoms with Crippen LogP contribution in [-0.4, -0.2) is 4.98 Å². The summed E-state index contributed by atoms with van der Waals surface area (Å²) in [4.78, 5) is 2.99. The molecule has 0 atom stereocenters. The van der Waals surface area contributed by atoms with Crippen LogP contribution < -0.4 is 0 Å². The third-order valence-corrected chi connectivity index (χ3v) is 2.97. The van der Waals surface area contributed by atoms with Gasteiger partial charge in [-0.3, -0.25) is 0 Å². The molecule has 90 valence electrons. The number of benzene rings is 2. The monoisotopic (exact) mass is 243 g/mol. The van der Waals surface area contributed by atoms with Crippen molar-refractivity contribution in [3.8, 4) is 11.3 Å². The second-order valence-electron chi connectivity index (χ2n) is 4.40. The lowest BCUT2D eigenvalue weighted by molar-refractivity contribution is 0.591. The van der Waals surface area contributed by atoms with Gasteiger partial charge in [0.15, 0.2) is 0 Å². The fourth-order valence-corrected chi connectivity index (χ4v) is 2.13. The van der Waals surface area contributed by atoms with Gasteiger partial charge in [-0.2, -0.15) is 0 Å². The normalized spacial score (nSPS) is 11.1. The third kappa shape index (κ3) is 1.78. The summed E-state index contributed by atoms with van der Waals surface area (Å²) in [5, 5.41) is 0.545. The van der Waals surface area contributed by atoms with E-state index in [-0.39, 0.29) is 0 Å². The van der Waals surface area contributed by atoms with E-state index >= 15 is 0 Å². The van der Waals surface area contributed by atoms with Gasteiger partial charge in [-0.05, 0) is 30.7 Å². The molecule has 0 saturated carbocycles. The maximum Gasteiger partial charge on any atom is 0.150 e. The number of aryl methyl sites for hydroxylation is 1. The predicted molar refractivity (Wildman–Crippen MR) is 68.4 cm³/mol. The van der Waals surface area contributed by atoms with Gasteiger partial charge < -0.3 is 4.98 Å². The number of nitrogens with one attached hydrogen (secondary N) is 1. The number of hydrogen-bond acceptors (Lipinski definition) is 0. The van der Waals surface area contributed by atoms with Crippen molar-refractivity contribution in [3.63, 3.8) is 0 Å². The van der Waals surface area contributed by atoms with Gasteiger partial charge in [0.2, 0.25) is 0 Å². The van der Waals surface area contributed by atoms with Crippen LogP contribution in [0.25, 0.3) is 22.2 Å². The number of rotatable bonds is 1. The van der Waals surface area contributed by atoms with E-state index in [4.69, 9.17) is 0 Å². The second kappa shape index (κ2) is 3.95. The SMILES string of the molecule is Cc1cccc(-c2cc3cc(F)cc(F)c3[nH]2)c1. The summed E-state index contributed by atoms with van der Waals surface area (Å²) >= 11 is 0. The Balaban J connectivity index is 2.22. The van der Waals surface area contributed by atoms with Crippen LogP contribution in [0, 0.1) is 18.6 Å². The molecule has 3 aromatic rings. The van der Waals surface area contributed by atoms with E-state index in [1.54, 1.807) is 6.07 Å². The predicted octanol–water partition coefficient (Wildman–Crippen LogP) is 4.42. The van der Waals surface area contributed by atoms with Crippen molar-refractivity contribution in [1.29, 1.82) is 0 Å². The molecule has 0 fully saturated rings. The minimum absolute atomic E-state index is 0.341. The first kappa shape index (κ1) is 11.0. The average molecular weight is 243 g/mol. The van der Waals surface area contributed by atoms with Crippen LogP contribution in [0.2, 0.25) is 0 Å². The van der Waals surface area contributed by atoms with Crippen LogP contribution in [0.5, 0.6) is 0 Å². The van der Waals surface area contributed by atoms with Crippen molar-refractivity contribution < 1.29 is 8.78 Å². The lowest BCUT2D eigenvalue weighted by Gasteiger charge is -1.98. The summed E-state index contributed by atoms with van der Waals surface area (Å²) in [7, 11) is 0.